The minimum Gasteiger partial charge on any atom is -0.480 e. The van der Waals surface area contributed by atoms with Crippen LogP contribution in [0.5, 0.6) is 0 Å². The molecule has 0 aliphatic heterocycles. The SMILES string of the molecule is CC(NC(=O)C(Cc1ccccc1)NC(=O)C(CO)NC(=O)C(N)CO)C(=O)O. The van der Waals surface area contributed by atoms with E-state index in [1.807, 2.05) is 0 Å². The number of carbonyl (C=O) groups excluding carboxylic acids is 3. The van der Waals surface area contributed by atoms with Crippen LogP contribution in [0.1, 0.15) is 12.5 Å². The number of carboxylic acids is 1. The molecule has 1 aromatic rings. The van der Waals surface area contributed by atoms with Gasteiger partial charge in [0, 0.05) is 6.42 Å². The lowest BCUT2D eigenvalue weighted by atomic mass is 10.0. The highest BCUT2D eigenvalue weighted by molar-refractivity contribution is 5.94. The van der Waals surface area contributed by atoms with E-state index in [9.17, 15) is 24.3 Å². The fourth-order valence-electron chi connectivity index (χ4n) is 2.26. The maximum Gasteiger partial charge on any atom is 0.325 e. The topological polar surface area (TPSA) is 191 Å². The zero-order valence-corrected chi connectivity index (χ0v) is 15.9. The first-order valence-corrected chi connectivity index (χ1v) is 8.84. The first-order chi connectivity index (χ1) is 13.7. The van der Waals surface area contributed by atoms with E-state index in [-0.39, 0.29) is 6.42 Å². The predicted molar refractivity (Wildman–Crippen MR) is 101 cm³/mol. The highest BCUT2D eigenvalue weighted by Gasteiger charge is 2.29. The molecule has 0 saturated carbocycles. The molecule has 4 unspecified atom stereocenters. The van der Waals surface area contributed by atoms with Crippen LogP contribution in [0, 0.1) is 0 Å². The van der Waals surface area contributed by atoms with Gasteiger partial charge in [0.15, 0.2) is 0 Å². The van der Waals surface area contributed by atoms with E-state index in [4.69, 9.17) is 15.9 Å². The van der Waals surface area contributed by atoms with Crippen molar-refractivity contribution in [3.8, 4) is 0 Å². The molecule has 1 aromatic carbocycles. The second kappa shape index (κ2) is 11.7. The Morgan fingerprint density at radius 3 is 1.97 bits per heavy atom. The number of hydrogen-bond donors (Lipinski definition) is 7. The Kier molecular flexibility index (Phi) is 9.72. The Morgan fingerprint density at radius 1 is 0.897 bits per heavy atom. The fourth-order valence-corrected chi connectivity index (χ4v) is 2.26. The quantitative estimate of drug-likeness (QED) is 0.202. The van der Waals surface area contributed by atoms with Crippen molar-refractivity contribution in [1.29, 1.82) is 0 Å². The van der Waals surface area contributed by atoms with Gasteiger partial charge < -0.3 is 37.0 Å². The average Bonchev–Trinajstić information content (AvgIpc) is 2.70. The predicted octanol–water partition coefficient (Wildman–Crippen LogP) is -2.90. The number of carbonyl (C=O) groups is 4. The van der Waals surface area contributed by atoms with E-state index < -0.39 is 61.1 Å². The standard InChI is InChI=1S/C18H26N4O7/c1-10(18(28)29)20-16(26)13(7-11-5-3-2-4-6-11)21-17(27)14(9-24)22-15(25)12(19)8-23/h2-6,10,12-14,23-24H,7-9,19H2,1H3,(H,20,26)(H,21,27)(H,22,25)(H,28,29). The molecule has 0 saturated heterocycles. The van der Waals surface area contributed by atoms with Crippen molar-refractivity contribution >= 4 is 23.7 Å². The Hall–Kier alpha value is -3.02. The summed E-state index contributed by atoms with van der Waals surface area (Å²) < 4.78 is 0. The van der Waals surface area contributed by atoms with Crippen molar-refractivity contribution in [3.05, 3.63) is 35.9 Å². The third kappa shape index (κ3) is 7.86. The second-order valence-corrected chi connectivity index (χ2v) is 6.35. The highest BCUT2D eigenvalue weighted by atomic mass is 16.4. The van der Waals surface area contributed by atoms with E-state index in [1.165, 1.54) is 6.92 Å². The monoisotopic (exact) mass is 410 g/mol. The van der Waals surface area contributed by atoms with Gasteiger partial charge in [-0.2, -0.15) is 0 Å². The molecule has 3 amide bonds. The van der Waals surface area contributed by atoms with Crippen molar-refractivity contribution < 1.29 is 34.5 Å². The molecule has 11 heteroatoms. The lowest BCUT2D eigenvalue weighted by molar-refractivity contribution is -0.141. The van der Waals surface area contributed by atoms with Gasteiger partial charge >= 0.3 is 5.97 Å². The van der Waals surface area contributed by atoms with E-state index >= 15 is 0 Å². The molecule has 29 heavy (non-hydrogen) atoms. The molecule has 0 spiro atoms. The Bertz CT molecular complexity index is 713. The first-order valence-electron chi connectivity index (χ1n) is 8.84. The second-order valence-electron chi connectivity index (χ2n) is 6.35. The number of aliphatic carboxylic acids is 1. The summed E-state index contributed by atoms with van der Waals surface area (Å²) in [6.07, 6.45) is 0.0486. The number of amides is 3. The van der Waals surface area contributed by atoms with Crippen molar-refractivity contribution in [2.45, 2.75) is 37.5 Å². The van der Waals surface area contributed by atoms with Crippen molar-refractivity contribution in [2.24, 2.45) is 5.73 Å². The lowest BCUT2D eigenvalue weighted by Crippen LogP contribution is -2.58. The van der Waals surface area contributed by atoms with Crippen molar-refractivity contribution in [2.75, 3.05) is 13.2 Å². The third-order valence-corrected chi connectivity index (χ3v) is 3.99. The Morgan fingerprint density at radius 2 is 1.45 bits per heavy atom. The molecule has 0 aromatic heterocycles. The van der Waals surface area contributed by atoms with E-state index in [1.54, 1.807) is 30.3 Å². The Balaban J connectivity index is 2.93. The Labute approximate surface area is 167 Å². The highest BCUT2D eigenvalue weighted by Crippen LogP contribution is 2.05. The van der Waals surface area contributed by atoms with Gasteiger partial charge in [-0.3, -0.25) is 19.2 Å². The van der Waals surface area contributed by atoms with Crippen LogP contribution in [0.2, 0.25) is 0 Å². The normalized spacial score (nSPS) is 14.8. The molecule has 8 N–H and O–H groups in total. The van der Waals surface area contributed by atoms with Crippen LogP contribution in [0.3, 0.4) is 0 Å². The van der Waals surface area contributed by atoms with Gasteiger partial charge in [-0.05, 0) is 12.5 Å². The van der Waals surface area contributed by atoms with Crippen LogP contribution in [-0.4, -0.2) is 76.4 Å². The maximum absolute atomic E-state index is 12.5. The molecule has 0 radical (unpaired) electrons. The summed E-state index contributed by atoms with van der Waals surface area (Å²) in [5.41, 5.74) is 6.06. The summed E-state index contributed by atoms with van der Waals surface area (Å²) in [7, 11) is 0. The summed E-state index contributed by atoms with van der Waals surface area (Å²) in [5, 5.41) is 34.1. The number of nitrogens with one attached hydrogen (secondary N) is 3. The van der Waals surface area contributed by atoms with Gasteiger partial charge in [-0.15, -0.1) is 0 Å². The maximum atomic E-state index is 12.5. The minimum absolute atomic E-state index is 0.0486. The number of carboxylic acid groups (broad SMARTS) is 1. The summed E-state index contributed by atoms with van der Waals surface area (Å²) in [6, 6.07) is 3.64. The van der Waals surface area contributed by atoms with Crippen LogP contribution in [-0.2, 0) is 25.6 Å². The van der Waals surface area contributed by atoms with E-state index in [2.05, 4.69) is 16.0 Å². The van der Waals surface area contributed by atoms with Gasteiger partial charge in [0.05, 0.1) is 13.2 Å². The number of rotatable bonds is 11. The van der Waals surface area contributed by atoms with Crippen LogP contribution < -0.4 is 21.7 Å². The molecule has 0 heterocycles. The first kappa shape index (κ1) is 24.0. The molecular formula is C18H26N4O7. The van der Waals surface area contributed by atoms with Crippen LogP contribution in [0.4, 0.5) is 0 Å². The fraction of sp³-hybridized carbons (Fsp3) is 0.444. The third-order valence-electron chi connectivity index (χ3n) is 3.99. The number of aliphatic hydroxyl groups is 2. The van der Waals surface area contributed by atoms with Crippen molar-refractivity contribution in [1.82, 2.24) is 16.0 Å². The lowest BCUT2D eigenvalue weighted by Gasteiger charge is -2.23. The van der Waals surface area contributed by atoms with Crippen molar-refractivity contribution in [3.63, 3.8) is 0 Å². The van der Waals surface area contributed by atoms with Gasteiger partial charge in [-0.1, -0.05) is 30.3 Å². The summed E-state index contributed by atoms with van der Waals surface area (Å²) in [4.78, 5) is 47.7. The molecule has 0 aliphatic rings. The van der Waals surface area contributed by atoms with Gasteiger partial charge in [0.1, 0.15) is 24.2 Å². The molecule has 0 fully saturated rings. The van der Waals surface area contributed by atoms with Crippen LogP contribution in [0.25, 0.3) is 0 Å². The number of benzene rings is 1. The zero-order chi connectivity index (χ0) is 22.0. The zero-order valence-electron chi connectivity index (χ0n) is 15.9. The minimum atomic E-state index is -1.41. The van der Waals surface area contributed by atoms with Crippen LogP contribution >= 0.6 is 0 Å². The van der Waals surface area contributed by atoms with Crippen LogP contribution in [0.15, 0.2) is 30.3 Å². The van der Waals surface area contributed by atoms with E-state index in [0.717, 1.165) is 0 Å². The molecule has 160 valence electrons. The molecule has 1 rings (SSSR count). The average molecular weight is 410 g/mol. The smallest absolute Gasteiger partial charge is 0.325 e. The largest absolute Gasteiger partial charge is 0.480 e. The van der Waals surface area contributed by atoms with E-state index in [0.29, 0.717) is 5.56 Å². The molecule has 0 aliphatic carbocycles. The van der Waals surface area contributed by atoms with Gasteiger partial charge in [0.2, 0.25) is 17.7 Å². The number of hydrogen-bond acceptors (Lipinski definition) is 7. The van der Waals surface area contributed by atoms with Gasteiger partial charge in [0.25, 0.3) is 0 Å². The summed E-state index contributed by atoms with van der Waals surface area (Å²) >= 11 is 0. The molecule has 4 atom stereocenters. The molecule has 11 nitrogen and oxygen atoms in total. The summed E-state index contributed by atoms with van der Waals surface area (Å²) in [6.45, 7) is -0.159. The number of nitrogens with two attached hydrogens (primary N) is 1. The summed E-state index contributed by atoms with van der Waals surface area (Å²) in [5.74, 6) is -3.72. The van der Waals surface area contributed by atoms with Gasteiger partial charge in [-0.25, -0.2) is 0 Å². The number of aliphatic hydroxyl groups excluding tert-OH is 2. The molecule has 0 bridgehead atoms. The molecular weight excluding hydrogens is 384 g/mol.